The Kier molecular flexibility index (Phi) is 6.63. The van der Waals surface area contributed by atoms with E-state index in [0.717, 1.165) is 24.8 Å². The average Bonchev–Trinajstić information content (AvgIpc) is 3.19. The number of likely N-dealkylation sites (N-methyl/N-ethyl adjacent to an activating group) is 1. The number of amides is 2. The lowest BCUT2D eigenvalue weighted by Crippen LogP contribution is -2.39. The lowest BCUT2D eigenvalue weighted by atomic mass is 9.90. The minimum Gasteiger partial charge on any atom is -0.480 e. The number of nitrogens with one attached hydrogen (secondary N) is 1. The van der Waals surface area contributed by atoms with Crippen LogP contribution in [0.3, 0.4) is 0 Å². The van der Waals surface area contributed by atoms with E-state index >= 15 is 0 Å². The van der Waals surface area contributed by atoms with Crippen molar-refractivity contribution in [3.63, 3.8) is 0 Å². The number of methoxy groups -OCH3 is 1. The minimum absolute atomic E-state index is 0.172. The summed E-state index contributed by atoms with van der Waals surface area (Å²) in [5.74, 6) is -1.33. The van der Waals surface area contributed by atoms with Crippen molar-refractivity contribution in [2.45, 2.75) is 19.3 Å². The van der Waals surface area contributed by atoms with Gasteiger partial charge >= 0.3 is 0 Å². The Labute approximate surface area is 196 Å². The molecule has 34 heavy (non-hydrogen) atoms. The van der Waals surface area contributed by atoms with Gasteiger partial charge < -0.3 is 19.5 Å². The van der Waals surface area contributed by atoms with Crippen molar-refractivity contribution in [1.29, 1.82) is 0 Å². The molecule has 0 spiro atoms. The molecule has 2 amide bonds. The number of rotatable bonds is 6. The maximum Gasteiger partial charge on any atom is 0.292 e. The third kappa shape index (κ3) is 4.50. The molecule has 1 aliphatic heterocycles. The molecule has 0 aliphatic carbocycles. The largest absolute Gasteiger partial charge is 0.480 e. The molecule has 0 bridgehead atoms. The number of aryl methyl sites for hydroxylation is 1. The molecule has 1 saturated heterocycles. The molecule has 3 aromatic rings. The van der Waals surface area contributed by atoms with E-state index in [1.165, 1.54) is 32.5 Å². The fourth-order valence-corrected chi connectivity index (χ4v) is 4.47. The van der Waals surface area contributed by atoms with Crippen molar-refractivity contribution < 1.29 is 23.5 Å². The third-order valence-electron chi connectivity index (χ3n) is 6.36. The van der Waals surface area contributed by atoms with E-state index < -0.39 is 11.7 Å². The second-order valence-electron chi connectivity index (χ2n) is 8.54. The van der Waals surface area contributed by atoms with Gasteiger partial charge in [0.15, 0.2) is 0 Å². The topological polar surface area (TPSA) is 93.5 Å². The molecule has 0 unspecified atom stereocenters. The first kappa shape index (κ1) is 23.4. The Morgan fingerprint density at radius 1 is 1.15 bits per heavy atom. The third-order valence-corrected chi connectivity index (χ3v) is 6.36. The molecular weight excluding hydrogens is 439 g/mol. The molecule has 4 rings (SSSR count). The summed E-state index contributed by atoms with van der Waals surface area (Å²) in [6.45, 7) is 1.15. The Hall–Kier alpha value is -3.75. The number of benzene rings is 1. The summed E-state index contributed by atoms with van der Waals surface area (Å²) in [5.41, 5.74) is 1.96. The highest BCUT2D eigenvalue weighted by Crippen LogP contribution is 2.29. The summed E-state index contributed by atoms with van der Waals surface area (Å²) < 4.78 is 20.2. The van der Waals surface area contributed by atoms with Gasteiger partial charge in [-0.05, 0) is 48.9 Å². The minimum atomic E-state index is -0.737. The zero-order valence-electron chi connectivity index (χ0n) is 19.4. The number of carbonyl (C=O) groups excluding carboxylic acids is 3. The summed E-state index contributed by atoms with van der Waals surface area (Å²) in [5, 5.41) is 2.76. The molecule has 1 aliphatic rings. The molecule has 3 heterocycles. The van der Waals surface area contributed by atoms with Gasteiger partial charge in [-0.1, -0.05) is 12.1 Å². The molecule has 0 atom stereocenters. The summed E-state index contributed by atoms with van der Waals surface area (Å²) in [7, 11) is 4.55. The quantitative estimate of drug-likeness (QED) is 0.445. The molecule has 8 nitrogen and oxygen atoms in total. The first-order chi connectivity index (χ1) is 16.3. The van der Waals surface area contributed by atoms with Crippen LogP contribution in [-0.2, 0) is 18.3 Å². The highest BCUT2D eigenvalue weighted by atomic mass is 19.1. The number of likely N-dealkylation sites (tertiary alicyclic amines) is 1. The van der Waals surface area contributed by atoms with E-state index in [1.807, 2.05) is 0 Å². The molecular formula is C25H27FN4O4. The van der Waals surface area contributed by atoms with Gasteiger partial charge in [0.1, 0.15) is 17.0 Å². The monoisotopic (exact) mass is 466 g/mol. The van der Waals surface area contributed by atoms with Crippen LogP contribution in [0.4, 0.5) is 4.39 Å². The van der Waals surface area contributed by atoms with Gasteiger partial charge in [-0.15, -0.1) is 0 Å². The summed E-state index contributed by atoms with van der Waals surface area (Å²) in [4.78, 5) is 44.1. The van der Waals surface area contributed by atoms with Crippen molar-refractivity contribution >= 4 is 28.6 Å². The van der Waals surface area contributed by atoms with Crippen molar-refractivity contribution in [2.75, 3.05) is 27.2 Å². The van der Waals surface area contributed by atoms with Crippen molar-refractivity contribution in [1.82, 2.24) is 19.8 Å². The number of fused-ring (bicyclic) bond motifs is 1. The van der Waals surface area contributed by atoms with E-state index in [0.29, 0.717) is 30.0 Å². The second kappa shape index (κ2) is 9.62. The molecule has 178 valence electrons. The predicted octanol–water partition coefficient (Wildman–Crippen LogP) is 2.74. The van der Waals surface area contributed by atoms with Crippen molar-refractivity contribution in [3.8, 4) is 5.88 Å². The van der Waals surface area contributed by atoms with Gasteiger partial charge in [0.2, 0.25) is 5.88 Å². The van der Waals surface area contributed by atoms with Gasteiger partial charge in [-0.2, -0.15) is 4.98 Å². The first-order valence-corrected chi connectivity index (χ1v) is 11.2. The van der Waals surface area contributed by atoms with Crippen LogP contribution in [0.15, 0.2) is 36.5 Å². The van der Waals surface area contributed by atoms with Gasteiger partial charge in [0.05, 0.1) is 12.7 Å². The molecule has 1 aromatic carbocycles. The van der Waals surface area contributed by atoms with Crippen LogP contribution in [0.1, 0.15) is 39.1 Å². The highest BCUT2D eigenvalue weighted by molar-refractivity contribution is 6.44. The van der Waals surface area contributed by atoms with Crippen molar-refractivity contribution in [3.05, 3.63) is 59.0 Å². The van der Waals surface area contributed by atoms with E-state index in [-0.39, 0.29) is 28.7 Å². The number of Topliss-reactive ketones (excluding diaryl/α,β-unsaturated/α-hetero) is 1. The maximum absolute atomic E-state index is 13.4. The highest BCUT2D eigenvalue weighted by Gasteiger charge is 2.29. The Morgan fingerprint density at radius 3 is 2.44 bits per heavy atom. The Balaban J connectivity index is 1.55. The number of halogens is 1. The molecule has 1 N–H and O–H groups in total. The fourth-order valence-electron chi connectivity index (χ4n) is 4.47. The number of nitrogens with zero attached hydrogens (tertiary/aromatic N) is 3. The standard InChI is InChI=1S/C25H27FN4O4/c1-27-23(32)21(31)20-14-29(2)22-18(20)13-19(24(28-22)34-3)25(33)30-10-8-16(9-11-30)12-15-4-6-17(26)7-5-15/h4-7,13-14,16H,8-12H2,1-3H3,(H,27,32). The van der Waals surface area contributed by atoms with Gasteiger partial charge in [0, 0.05) is 38.8 Å². The average molecular weight is 467 g/mol. The van der Waals surface area contributed by atoms with Crippen molar-refractivity contribution in [2.24, 2.45) is 13.0 Å². The molecule has 0 radical (unpaired) electrons. The smallest absolute Gasteiger partial charge is 0.292 e. The number of carbonyl (C=O) groups is 3. The number of hydrogen-bond acceptors (Lipinski definition) is 5. The number of hydrogen-bond donors (Lipinski definition) is 1. The Morgan fingerprint density at radius 2 is 1.82 bits per heavy atom. The summed E-state index contributed by atoms with van der Waals surface area (Å²) in [6, 6.07) is 8.13. The van der Waals surface area contributed by atoms with Crippen LogP contribution in [-0.4, -0.2) is 59.3 Å². The predicted molar refractivity (Wildman–Crippen MR) is 124 cm³/mol. The molecule has 0 saturated carbocycles. The zero-order valence-corrected chi connectivity index (χ0v) is 19.4. The van der Waals surface area contributed by atoms with E-state index in [4.69, 9.17) is 4.74 Å². The second-order valence-corrected chi connectivity index (χ2v) is 8.54. The number of ether oxygens (including phenoxy) is 1. The van der Waals surface area contributed by atoms with E-state index in [9.17, 15) is 18.8 Å². The zero-order chi connectivity index (χ0) is 24.4. The number of piperidine rings is 1. The van der Waals surface area contributed by atoms with Crippen LogP contribution in [0.5, 0.6) is 5.88 Å². The maximum atomic E-state index is 13.4. The first-order valence-electron chi connectivity index (χ1n) is 11.2. The van der Waals surface area contributed by atoms with Crippen LogP contribution < -0.4 is 10.1 Å². The van der Waals surface area contributed by atoms with Crippen LogP contribution in [0.25, 0.3) is 11.0 Å². The number of ketones is 1. The molecule has 1 fully saturated rings. The Bertz CT molecular complexity index is 1240. The van der Waals surface area contributed by atoms with Crippen LogP contribution >= 0.6 is 0 Å². The van der Waals surface area contributed by atoms with E-state index in [2.05, 4.69) is 10.3 Å². The molecule has 2 aromatic heterocycles. The lowest BCUT2D eigenvalue weighted by molar-refractivity contribution is -0.116. The van der Waals surface area contributed by atoms with Gasteiger partial charge in [-0.3, -0.25) is 14.4 Å². The molecule has 9 heteroatoms. The van der Waals surface area contributed by atoms with Gasteiger partial charge in [0.25, 0.3) is 17.6 Å². The normalized spacial score (nSPS) is 14.3. The van der Waals surface area contributed by atoms with E-state index in [1.54, 1.807) is 34.7 Å². The number of aromatic nitrogens is 2. The summed E-state index contributed by atoms with van der Waals surface area (Å²) >= 11 is 0. The van der Waals surface area contributed by atoms with Gasteiger partial charge in [-0.25, -0.2) is 4.39 Å². The number of pyridine rings is 1. The SMILES string of the molecule is CNC(=O)C(=O)c1cn(C)c2nc(OC)c(C(=O)N3CCC(Cc4ccc(F)cc4)CC3)cc12. The van der Waals surface area contributed by atoms with Crippen LogP contribution in [0.2, 0.25) is 0 Å². The summed E-state index contributed by atoms with van der Waals surface area (Å²) in [6.07, 6.45) is 4.03. The van der Waals surface area contributed by atoms with Crippen LogP contribution in [0, 0.1) is 11.7 Å². The lowest BCUT2D eigenvalue weighted by Gasteiger charge is -2.32. The fraction of sp³-hybridized carbons (Fsp3) is 0.360.